The topological polar surface area (TPSA) is 78.8 Å². The first-order valence-electron chi connectivity index (χ1n) is 12.3. The molecule has 0 amide bonds. The van der Waals surface area contributed by atoms with Gasteiger partial charge in [-0.3, -0.25) is 4.79 Å². The zero-order valence-electron chi connectivity index (χ0n) is 19.5. The van der Waals surface area contributed by atoms with E-state index in [1.165, 1.54) is 5.57 Å². The molecule has 3 N–H and O–H groups in total. The first-order chi connectivity index (χ1) is 14.8. The molecule has 0 bridgehead atoms. The Hall–Kier alpha value is -1.17. The van der Waals surface area contributed by atoms with Crippen LogP contribution in [0.1, 0.15) is 65.7 Å². The summed E-state index contributed by atoms with van der Waals surface area (Å²) in [6.45, 7) is 11.4. The number of hydrogen-bond donors (Lipinski definition) is 3. The van der Waals surface area contributed by atoms with Crippen LogP contribution in [0, 0.1) is 34.5 Å². The minimum Gasteiger partial charge on any atom is -0.465 e. The maximum Gasteiger partial charge on any atom is 0.327 e. The van der Waals surface area contributed by atoms with Gasteiger partial charge in [0, 0.05) is 0 Å². The van der Waals surface area contributed by atoms with Gasteiger partial charge in [-0.15, -0.1) is 6.58 Å². The van der Waals surface area contributed by atoms with Crippen LogP contribution in [0.2, 0.25) is 0 Å². The predicted octanol–water partition coefficient (Wildman–Crippen LogP) is 3.60. The molecule has 2 unspecified atom stereocenters. The van der Waals surface area contributed by atoms with E-state index >= 15 is 0 Å². The Balaban J connectivity index is 1.58. The summed E-state index contributed by atoms with van der Waals surface area (Å²) in [7, 11) is 0. The molecular weight excluding hydrogens is 390 g/mol. The summed E-state index contributed by atoms with van der Waals surface area (Å²) in [4.78, 5) is 12.3. The van der Waals surface area contributed by atoms with Crippen molar-refractivity contribution in [2.24, 2.45) is 34.5 Å². The molecule has 174 valence electrons. The summed E-state index contributed by atoms with van der Waals surface area (Å²) in [6, 6.07) is -0.519. The number of esters is 1. The van der Waals surface area contributed by atoms with Crippen LogP contribution in [-0.4, -0.2) is 47.6 Å². The van der Waals surface area contributed by atoms with Gasteiger partial charge < -0.3 is 20.3 Å². The van der Waals surface area contributed by atoms with Crippen molar-refractivity contribution in [3.05, 3.63) is 24.3 Å². The number of carbonyl (C=O) groups excluding carboxylic acids is 1. The number of ether oxygens (including phenoxy) is 1. The van der Waals surface area contributed by atoms with Crippen LogP contribution in [0.3, 0.4) is 0 Å². The third kappa shape index (κ3) is 3.71. The van der Waals surface area contributed by atoms with E-state index in [9.17, 15) is 15.0 Å². The largest absolute Gasteiger partial charge is 0.465 e. The van der Waals surface area contributed by atoms with Crippen LogP contribution in [0.25, 0.3) is 0 Å². The molecular formula is C26H41NO4. The summed E-state index contributed by atoms with van der Waals surface area (Å²) in [5.74, 6) is 1.71. The van der Waals surface area contributed by atoms with Gasteiger partial charge in [0.25, 0.3) is 0 Å². The van der Waals surface area contributed by atoms with Crippen molar-refractivity contribution in [3.63, 3.8) is 0 Å². The Morgan fingerprint density at radius 3 is 2.81 bits per heavy atom. The highest BCUT2D eigenvalue weighted by Crippen LogP contribution is 2.65. The van der Waals surface area contributed by atoms with Gasteiger partial charge in [-0.25, -0.2) is 0 Å². The Bertz CT molecular complexity index is 735. The summed E-state index contributed by atoms with van der Waals surface area (Å²) in [5, 5.41) is 24.8. The average Bonchev–Trinajstić information content (AvgIpc) is 3.04. The van der Waals surface area contributed by atoms with Gasteiger partial charge >= 0.3 is 5.97 Å². The lowest BCUT2D eigenvalue weighted by molar-refractivity contribution is -0.144. The molecule has 4 aliphatic rings. The maximum absolute atomic E-state index is 12.3. The second-order valence-electron chi connectivity index (χ2n) is 10.9. The number of hydrogen-bond acceptors (Lipinski definition) is 5. The Kier molecular flexibility index (Phi) is 6.41. The standard InChI is InChI=1S/C26H41NO4/c1-5-22(24(30)31-6-2)27-15-17-14-18(28)13-16-7-8-19-20-9-10-23(29)25(20,3)12-11-21(19)26(16,17)4/h5,7,17-23,27-29H,1,6,8-15H2,2-4H3/t17?,18-,19+,20+,21+,22?,23+,25+,26-/m1/s1. The lowest BCUT2D eigenvalue weighted by Crippen LogP contribution is -2.56. The van der Waals surface area contributed by atoms with E-state index in [-0.39, 0.29) is 34.9 Å². The van der Waals surface area contributed by atoms with Crippen molar-refractivity contribution in [2.75, 3.05) is 13.2 Å². The van der Waals surface area contributed by atoms with Crippen LogP contribution in [0.4, 0.5) is 0 Å². The van der Waals surface area contributed by atoms with Crippen LogP contribution >= 0.6 is 0 Å². The van der Waals surface area contributed by atoms with Gasteiger partial charge in [-0.1, -0.05) is 31.6 Å². The molecule has 0 radical (unpaired) electrons. The highest BCUT2D eigenvalue weighted by atomic mass is 16.5. The minimum absolute atomic E-state index is 0.0183. The summed E-state index contributed by atoms with van der Waals surface area (Å²) in [6.07, 6.45) is 10.4. The molecule has 0 saturated heterocycles. The molecule has 4 rings (SSSR count). The number of rotatable bonds is 6. The molecule has 0 aromatic heterocycles. The zero-order valence-corrected chi connectivity index (χ0v) is 19.5. The van der Waals surface area contributed by atoms with Crippen molar-refractivity contribution in [1.82, 2.24) is 5.32 Å². The first-order valence-corrected chi connectivity index (χ1v) is 12.3. The lowest BCUT2D eigenvalue weighted by atomic mass is 9.45. The molecule has 3 saturated carbocycles. The second-order valence-corrected chi connectivity index (χ2v) is 10.9. The highest BCUT2D eigenvalue weighted by molar-refractivity contribution is 5.77. The Morgan fingerprint density at radius 2 is 2.10 bits per heavy atom. The van der Waals surface area contributed by atoms with E-state index in [1.807, 2.05) is 6.92 Å². The van der Waals surface area contributed by atoms with E-state index in [0.717, 1.165) is 44.9 Å². The molecule has 0 spiro atoms. The SMILES string of the molecule is C=CC(NCC1C[C@H](O)CC2=CC[C@H]3[C@@H]4CC[C@H](O)[C@@]4(C)CC[C@@H]3[C@]21C)C(=O)OCC. The molecule has 0 heterocycles. The van der Waals surface area contributed by atoms with Crippen molar-refractivity contribution in [3.8, 4) is 0 Å². The molecule has 5 heteroatoms. The van der Waals surface area contributed by atoms with Gasteiger partial charge in [0.15, 0.2) is 0 Å². The van der Waals surface area contributed by atoms with Gasteiger partial charge in [0.2, 0.25) is 0 Å². The van der Waals surface area contributed by atoms with E-state index in [4.69, 9.17) is 4.74 Å². The molecule has 3 fully saturated rings. The van der Waals surface area contributed by atoms with Gasteiger partial charge in [-0.05, 0) is 92.9 Å². The fourth-order valence-corrected chi connectivity index (χ4v) is 7.91. The number of carbonyl (C=O) groups is 1. The third-order valence-corrected chi connectivity index (χ3v) is 9.71. The molecule has 9 atom stereocenters. The number of aliphatic hydroxyl groups is 2. The summed E-state index contributed by atoms with van der Waals surface area (Å²) < 4.78 is 5.18. The first kappa shape index (κ1) is 23.0. The van der Waals surface area contributed by atoms with E-state index in [1.54, 1.807) is 6.08 Å². The molecule has 0 aromatic rings. The maximum atomic E-state index is 12.3. The number of aliphatic hydroxyl groups excluding tert-OH is 2. The summed E-state index contributed by atoms with van der Waals surface area (Å²) in [5.41, 5.74) is 1.49. The second kappa shape index (κ2) is 8.64. The van der Waals surface area contributed by atoms with Crippen molar-refractivity contribution in [1.29, 1.82) is 0 Å². The van der Waals surface area contributed by atoms with Crippen LogP contribution < -0.4 is 5.32 Å². The van der Waals surface area contributed by atoms with Crippen molar-refractivity contribution < 1.29 is 19.7 Å². The van der Waals surface area contributed by atoms with Crippen LogP contribution in [0.5, 0.6) is 0 Å². The monoisotopic (exact) mass is 431 g/mol. The lowest BCUT2D eigenvalue weighted by Gasteiger charge is -2.60. The van der Waals surface area contributed by atoms with E-state index in [0.29, 0.717) is 30.9 Å². The van der Waals surface area contributed by atoms with Crippen LogP contribution in [-0.2, 0) is 9.53 Å². The number of allylic oxidation sites excluding steroid dienone is 1. The van der Waals surface area contributed by atoms with Crippen molar-refractivity contribution >= 4 is 5.97 Å². The molecule has 0 aliphatic heterocycles. The van der Waals surface area contributed by atoms with Gasteiger partial charge in [-0.2, -0.15) is 0 Å². The number of nitrogens with one attached hydrogen (secondary N) is 1. The average molecular weight is 432 g/mol. The Labute approximate surface area is 187 Å². The fraction of sp³-hybridized carbons (Fsp3) is 0.808. The molecule has 31 heavy (non-hydrogen) atoms. The van der Waals surface area contributed by atoms with Crippen LogP contribution in [0.15, 0.2) is 24.3 Å². The molecule has 4 aliphatic carbocycles. The van der Waals surface area contributed by atoms with Gasteiger partial charge in [0.05, 0.1) is 18.8 Å². The molecule has 5 nitrogen and oxygen atoms in total. The minimum atomic E-state index is -0.519. The predicted molar refractivity (Wildman–Crippen MR) is 121 cm³/mol. The quantitative estimate of drug-likeness (QED) is 0.442. The van der Waals surface area contributed by atoms with E-state index in [2.05, 4.69) is 31.8 Å². The summed E-state index contributed by atoms with van der Waals surface area (Å²) >= 11 is 0. The van der Waals surface area contributed by atoms with E-state index < -0.39 is 6.04 Å². The fourth-order valence-electron chi connectivity index (χ4n) is 7.91. The Morgan fingerprint density at radius 1 is 1.32 bits per heavy atom. The third-order valence-electron chi connectivity index (χ3n) is 9.71. The highest BCUT2D eigenvalue weighted by Gasteiger charge is 2.60. The normalized spacial score (nSPS) is 45.0. The zero-order chi connectivity index (χ0) is 22.4. The smallest absolute Gasteiger partial charge is 0.327 e. The van der Waals surface area contributed by atoms with Gasteiger partial charge in [0.1, 0.15) is 6.04 Å². The van der Waals surface area contributed by atoms with Crippen molar-refractivity contribution in [2.45, 2.75) is 84.0 Å². The molecule has 0 aromatic carbocycles. The number of fused-ring (bicyclic) bond motifs is 5.